The van der Waals surface area contributed by atoms with E-state index in [9.17, 15) is 22.8 Å². The number of urea groups is 1. The van der Waals surface area contributed by atoms with Gasteiger partial charge in [0.05, 0.1) is 12.7 Å². The van der Waals surface area contributed by atoms with Crippen LogP contribution in [0.1, 0.15) is 27.0 Å². The number of nitrogens with zero attached hydrogens (tertiary/aromatic N) is 2. The van der Waals surface area contributed by atoms with Crippen molar-refractivity contribution in [3.8, 4) is 16.9 Å². The van der Waals surface area contributed by atoms with Crippen LogP contribution in [0.5, 0.6) is 5.75 Å². The predicted molar refractivity (Wildman–Crippen MR) is 167 cm³/mol. The highest BCUT2D eigenvalue weighted by atomic mass is 19.4. The topological polar surface area (TPSA) is 83.6 Å². The number of amides is 3. The Morgan fingerprint density at radius 3 is 1.89 bits per heavy atom. The molecule has 7 nitrogen and oxygen atoms in total. The summed E-state index contributed by atoms with van der Waals surface area (Å²) in [5.74, 6) is 0.469. The molecule has 45 heavy (non-hydrogen) atoms. The van der Waals surface area contributed by atoms with Crippen LogP contribution in [0.2, 0.25) is 0 Å². The molecular formula is C35H29F3N4O3. The molecule has 0 spiro atoms. The highest BCUT2D eigenvalue weighted by molar-refractivity contribution is 6.04. The number of methoxy groups -OCH3 is 1. The van der Waals surface area contributed by atoms with Crippen molar-refractivity contribution in [3.63, 3.8) is 0 Å². The van der Waals surface area contributed by atoms with Crippen LogP contribution in [0.3, 0.4) is 0 Å². The van der Waals surface area contributed by atoms with Crippen molar-refractivity contribution in [2.24, 2.45) is 0 Å². The van der Waals surface area contributed by atoms with Gasteiger partial charge >= 0.3 is 12.2 Å². The highest BCUT2D eigenvalue weighted by Crippen LogP contribution is 2.30. The molecular weight excluding hydrogens is 581 g/mol. The minimum atomic E-state index is -4.46. The fourth-order valence-corrected chi connectivity index (χ4v) is 4.57. The van der Waals surface area contributed by atoms with E-state index in [-0.39, 0.29) is 24.7 Å². The summed E-state index contributed by atoms with van der Waals surface area (Å²) in [6, 6.07) is 29.4. The van der Waals surface area contributed by atoms with Crippen LogP contribution in [0, 0.1) is 0 Å². The van der Waals surface area contributed by atoms with Crippen LogP contribution >= 0.6 is 0 Å². The summed E-state index contributed by atoms with van der Waals surface area (Å²) in [4.78, 5) is 31.6. The van der Waals surface area contributed by atoms with E-state index in [4.69, 9.17) is 4.74 Å². The third-order valence-electron chi connectivity index (χ3n) is 7.00. The normalized spacial score (nSPS) is 11.0. The van der Waals surface area contributed by atoms with Gasteiger partial charge in [-0.25, -0.2) is 4.79 Å². The number of carbonyl (C=O) groups excluding carboxylic acids is 2. The first-order valence-corrected chi connectivity index (χ1v) is 13.9. The van der Waals surface area contributed by atoms with Gasteiger partial charge in [-0.05, 0) is 89.0 Å². The van der Waals surface area contributed by atoms with Gasteiger partial charge in [0.15, 0.2) is 0 Å². The van der Waals surface area contributed by atoms with Crippen molar-refractivity contribution in [2.45, 2.75) is 19.3 Å². The van der Waals surface area contributed by atoms with E-state index in [1.807, 2.05) is 42.5 Å². The van der Waals surface area contributed by atoms with Gasteiger partial charge in [-0.2, -0.15) is 13.2 Å². The first kappa shape index (κ1) is 30.8. The molecule has 228 valence electrons. The van der Waals surface area contributed by atoms with Crippen LogP contribution in [0.15, 0.2) is 122 Å². The maximum Gasteiger partial charge on any atom is 0.416 e. The number of hydrogen-bond acceptors (Lipinski definition) is 4. The molecule has 2 N–H and O–H groups in total. The SMILES string of the molecule is COc1ccc(NC(=O)c2ccc(-c3ccc(CN(Cc4cccnc4)C(=O)Nc4ccc(C(F)(F)F)cc4)cc3)cc2)cc1. The van der Waals surface area contributed by atoms with E-state index in [0.717, 1.165) is 34.4 Å². The molecule has 1 aromatic heterocycles. The molecule has 3 amide bonds. The van der Waals surface area contributed by atoms with Gasteiger partial charge < -0.3 is 20.3 Å². The molecule has 0 unspecified atom stereocenters. The molecule has 0 atom stereocenters. The first-order chi connectivity index (χ1) is 21.7. The Morgan fingerprint density at radius 1 is 0.733 bits per heavy atom. The monoisotopic (exact) mass is 610 g/mol. The molecule has 0 aliphatic heterocycles. The lowest BCUT2D eigenvalue weighted by Gasteiger charge is -2.23. The molecule has 0 saturated carbocycles. The molecule has 0 radical (unpaired) electrons. The number of halogens is 3. The van der Waals surface area contributed by atoms with Crippen molar-refractivity contribution >= 4 is 23.3 Å². The fraction of sp³-hybridized carbons (Fsp3) is 0.114. The first-order valence-electron chi connectivity index (χ1n) is 13.9. The molecule has 0 saturated heterocycles. The molecule has 0 aliphatic carbocycles. The van der Waals surface area contributed by atoms with E-state index in [1.54, 1.807) is 66.9 Å². The quantitative estimate of drug-likeness (QED) is 0.176. The second-order valence-electron chi connectivity index (χ2n) is 10.2. The van der Waals surface area contributed by atoms with E-state index < -0.39 is 17.8 Å². The summed E-state index contributed by atoms with van der Waals surface area (Å²) in [7, 11) is 1.58. The average molecular weight is 611 g/mol. The highest BCUT2D eigenvalue weighted by Gasteiger charge is 2.30. The molecule has 0 bridgehead atoms. The molecule has 10 heteroatoms. The number of anilines is 2. The molecule has 0 aliphatic rings. The lowest BCUT2D eigenvalue weighted by Crippen LogP contribution is -2.34. The Hall–Kier alpha value is -5.64. The molecule has 4 aromatic carbocycles. The van der Waals surface area contributed by atoms with Crippen molar-refractivity contribution in [1.29, 1.82) is 0 Å². The van der Waals surface area contributed by atoms with Crippen molar-refractivity contribution in [1.82, 2.24) is 9.88 Å². The van der Waals surface area contributed by atoms with Gasteiger partial charge in [0.2, 0.25) is 0 Å². The van der Waals surface area contributed by atoms with Gasteiger partial charge in [0, 0.05) is 42.4 Å². The minimum Gasteiger partial charge on any atom is -0.497 e. The number of pyridine rings is 1. The average Bonchev–Trinajstić information content (AvgIpc) is 3.05. The lowest BCUT2D eigenvalue weighted by atomic mass is 10.0. The smallest absolute Gasteiger partial charge is 0.416 e. The summed E-state index contributed by atoms with van der Waals surface area (Å²) in [6.45, 7) is 0.480. The zero-order valence-corrected chi connectivity index (χ0v) is 24.2. The van der Waals surface area contributed by atoms with Gasteiger partial charge in [0.1, 0.15) is 5.75 Å². The number of ether oxygens (including phenoxy) is 1. The van der Waals surface area contributed by atoms with Gasteiger partial charge in [-0.3, -0.25) is 9.78 Å². The van der Waals surface area contributed by atoms with Crippen LogP contribution < -0.4 is 15.4 Å². The second kappa shape index (κ2) is 13.8. The molecule has 5 aromatic rings. The second-order valence-corrected chi connectivity index (χ2v) is 10.2. The van der Waals surface area contributed by atoms with Crippen LogP contribution in [-0.4, -0.2) is 28.9 Å². The van der Waals surface area contributed by atoms with Crippen LogP contribution in [-0.2, 0) is 19.3 Å². The van der Waals surface area contributed by atoms with Crippen LogP contribution in [0.4, 0.5) is 29.3 Å². The Balaban J connectivity index is 1.25. The number of benzene rings is 4. The molecule has 0 fully saturated rings. The molecule has 5 rings (SSSR count). The zero-order chi connectivity index (χ0) is 31.8. The van der Waals surface area contributed by atoms with Crippen molar-refractivity contribution < 1.29 is 27.5 Å². The maximum absolute atomic E-state index is 13.3. The van der Waals surface area contributed by atoms with Gasteiger partial charge in [-0.1, -0.05) is 42.5 Å². The van der Waals surface area contributed by atoms with Crippen LogP contribution in [0.25, 0.3) is 11.1 Å². The van der Waals surface area contributed by atoms with Gasteiger partial charge in [0.25, 0.3) is 5.91 Å². The third kappa shape index (κ3) is 8.26. The van der Waals surface area contributed by atoms with E-state index in [0.29, 0.717) is 17.0 Å². The Labute approximate surface area is 258 Å². The minimum absolute atomic E-state index is 0.231. The lowest BCUT2D eigenvalue weighted by molar-refractivity contribution is -0.137. The largest absolute Gasteiger partial charge is 0.497 e. The standard InChI is InChI=1S/C35H29F3N4O3/c1-45-32-18-16-30(17-19-32)40-33(43)28-10-8-27(9-11-28)26-6-4-24(5-7-26)22-42(23-25-3-2-20-39-21-25)34(44)41-31-14-12-29(13-15-31)35(36,37)38/h2-21H,22-23H2,1H3,(H,40,43)(H,41,44). The molecule has 1 heterocycles. The maximum atomic E-state index is 13.3. The Morgan fingerprint density at radius 2 is 1.31 bits per heavy atom. The number of rotatable bonds is 9. The van der Waals surface area contributed by atoms with Gasteiger partial charge in [-0.15, -0.1) is 0 Å². The van der Waals surface area contributed by atoms with E-state index in [1.165, 1.54) is 12.1 Å². The number of hydrogen-bond donors (Lipinski definition) is 2. The summed E-state index contributed by atoms with van der Waals surface area (Å²) >= 11 is 0. The summed E-state index contributed by atoms with van der Waals surface area (Å²) in [5, 5.41) is 5.56. The van der Waals surface area contributed by atoms with Crippen molar-refractivity contribution in [3.05, 3.63) is 144 Å². The Bertz CT molecular complexity index is 1730. The zero-order valence-electron chi connectivity index (χ0n) is 24.2. The third-order valence-corrected chi connectivity index (χ3v) is 7.00. The summed E-state index contributed by atoms with van der Waals surface area (Å²) in [6.07, 6.45) is -1.17. The van der Waals surface area contributed by atoms with E-state index in [2.05, 4.69) is 15.6 Å². The fourth-order valence-electron chi connectivity index (χ4n) is 4.57. The van der Waals surface area contributed by atoms with E-state index >= 15 is 0 Å². The number of carbonyl (C=O) groups is 2. The number of nitrogens with one attached hydrogen (secondary N) is 2. The van der Waals surface area contributed by atoms with Crippen molar-refractivity contribution in [2.75, 3.05) is 17.7 Å². The number of aromatic nitrogens is 1. The summed E-state index contributed by atoms with van der Waals surface area (Å²) < 4.78 is 44.0. The Kier molecular flexibility index (Phi) is 9.43. The number of alkyl halides is 3. The predicted octanol–water partition coefficient (Wildman–Crippen LogP) is 8.26. The summed E-state index contributed by atoms with van der Waals surface area (Å²) in [5.41, 5.74) is 4.11.